The highest BCUT2D eigenvalue weighted by Gasteiger charge is 2.29. The molecular formula is C8H15N3O2S. The number of rotatable bonds is 2. The lowest BCUT2D eigenvalue weighted by Crippen LogP contribution is -2.34. The Hall–Kier alpha value is -1.04. The molecule has 0 radical (unpaired) electrons. The maximum atomic E-state index is 11.7. The van der Waals surface area contributed by atoms with Crippen molar-refractivity contribution in [1.29, 1.82) is 0 Å². The van der Waals surface area contributed by atoms with Gasteiger partial charge in [-0.05, 0) is 27.7 Å². The van der Waals surface area contributed by atoms with E-state index in [9.17, 15) is 8.42 Å². The van der Waals surface area contributed by atoms with E-state index < -0.39 is 14.8 Å². The fourth-order valence-electron chi connectivity index (χ4n) is 0.737. The molecule has 1 aromatic heterocycles. The Morgan fingerprint density at radius 2 is 2.00 bits per heavy atom. The van der Waals surface area contributed by atoms with E-state index in [1.165, 1.54) is 0 Å². The van der Waals surface area contributed by atoms with Gasteiger partial charge in [0, 0.05) is 5.56 Å². The molecule has 0 saturated heterocycles. The molecule has 0 aliphatic rings. The second-order valence-corrected chi connectivity index (χ2v) is 6.58. The topological polar surface area (TPSA) is 74.8 Å². The van der Waals surface area contributed by atoms with Gasteiger partial charge in [-0.2, -0.15) is 5.10 Å². The summed E-state index contributed by atoms with van der Waals surface area (Å²) in [5, 5.41) is 6.33. The monoisotopic (exact) mass is 217 g/mol. The Bertz CT molecular complexity index is 414. The van der Waals surface area contributed by atoms with E-state index in [2.05, 4.69) is 14.9 Å². The van der Waals surface area contributed by atoms with Gasteiger partial charge in [0.25, 0.3) is 0 Å². The molecule has 0 unspecified atom stereocenters. The third-order valence-corrected chi connectivity index (χ3v) is 3.96. The van der Waals surface area contributed by atoms with Gasteiger partial charge in [-0.1, -0.05) is 0 Å². The molecule has 0 atom stereocenters. The van der Waals surface area contributed by atoms with Gasteiger partial charge in [-0.15, -0.1) is 0 Å². The number of hydrogen-bond acceptors (Lipinski definition) is 3. The zero-order valence-electron chi connectivity index (χ0n) is 8.75. The summed E-state index contributed by atoms with van der Waals surface area (Å²) < 4.78 is 25.1. The van der Waals surface area contributed by atoms with Crippen LogP contribution in [0.4, 0.5) is 5.82 Å². The molecule has 1 aromatic rings. The van der Waals surface area contributed by atoms with E-state index in [-0.39, 0.29) is 0 Å². The number of aromatic nitrogens is 2. The maximum absolute atomic E-state index is 11.7. The van der Waals surface area contributed by atoms with E-state index >= 15 is 0 Å². The largest absolute Gasteiger partial charge is 0.267 e. The highest BCUT2D eigenvalue weighted by molar-refractivity contribution is 7.94. The van der Waals surface area contributed by atoms with Gasteiger partial charge in [-0.3, -0.25) is 9.82 Å². The first-order chi connectivity index (χ1) is 6.24. The lowest BCUT2D eigenvalue weighted by Gasteiger charge is -2.19. The fraction of sp³-hybridized carbons (Fsp3) is 0.625. The minimum atomic E-state index is -3.36. The number of anilines is 1. The van der Waals surface area contributed by atoms with Crippen LogP contribution in [0.25, 0.3) is 0 Å². The van der Waals surface area contributed by atoms with Crippen LogP contribution < -0.4 is 4.72 Å². The molecule has 80 valence electrons. The lowest BCUT2D eigenvalue weighted by atomic mass is 10.3. The van der Waals surface area contributed by atoms with E-state index in [0.717, 1.165) is 5.56 Å². The molecule has 0 bridgehead atoms. The molecule has 1 heterocycles. The molecular weight excluding hydrogens is 202 g/mol. The molecule has 14 heavy (non-hydrogen) atoms. The number of hydrogen-bond donors (Lipinski definition) is 2. The van der Waals surface area contributed by atoms with Crippen molar-refractivity contribution in [1.82, 2.24) is 10.2 Å². The minimum absolute atomic E-state index is 0.430. The number of aromatic amines is 1. The first-order valence-corrected chi connectivity index (χ1v) is 5.75. The Morgan fingerprint density at radius 3 is 2.36 bits per heavy atom. The number of nitrogens with one attached hydrogen (secondary N) is 2. The van der Waals surface area contributed by atoms with Gasteiger partial charge in [0.2, 0.25) is 10.0 Å². The molecule has 1 rings (SSSR count). The van der Waals surface area contributed by atoms with Gasteiger partial charge >= 0.3 is 0 Å². The average molecular weight is 217 g/mol. The summed E-state index contributed by atoms with van der Waals surface area (Å²) >= 11 is 0. The third kappa shape index (κ3) is 2.06. The van der Waals surface area contributed by atoms with Gasteiger partial charge in [0.05, 0.1) is 10.9 Å². The molecule has 6 heteroatoms. The SMILES string of the molecule is Cc1cn[nH]c1NS(=O)(=O)C(C)(C)C. The van der Waals surface area contributed by atoms with Crippen LogP contribution in [0.5, 0.6) is 0 Å². The van der Waals surface area contributed by atoms with Gasteiger partial charge in [0.1, 0.15) is 5.82 Å². The van der Waals surface area contributed by atoms with Crippen molar-refractivity contribution in [3.05, 3.63) is 11.8 Å². The van der Waals surface area contributed by atoms with Crippen LogP contribution in [0, 0.1) is 6.92 Å². The summed E-state index contributed by atoms with van der Waals surface area (Å²) in [4.78, 5) is 0. The molecule has 0 fully saturated rings. The summed E-state index contributed by atoms with van der Waals surface area (Å²) in [6.45, 7) is 6.70. The molecule has 5 nitrogen and oxygen atoms in total. The number of nitrogens with zero attached hydrogens (tertiary/aromatic N) is 1. The molecule has 0 aliphatic heterocycles. The van der Waals surface area contributed by atoms with Crippen LogP contribution in [0.15, 0.2) is 6.20 Å². The van der Waals surface area contributed by atoms with E-state index in [1.54, 1.807) is 33.9 Å². The third-order valence-electron chi connectivity index (χ3n) is 1.87. The van der Waals surface area contributed by atoms with Crippen molar-refractivity contribution < 1.29 is 8.42 Å². The molecule has 2 N–H and O–H groups in total. The molecule has 0 aromatic carbocycles. The highest BCUT2D eigenvalue weighted by Crippen LogP contribution is 2.19. The summed E-state index contributed by atoms with van der Waals surface area (Å²) in [6.07, 6.45) is 1.57. The maximum Gasteiger partial charge on any atom is 0.238 e. The van der Waals surface area contributed by atoms with Crippen molar-refractivity contribution in [2.24, 2.45) is 0 Å². The van der Waals surface area contributed by atoms with Crippen LogP contribution >= 0.6 is 0 Å². The lowest BCUT2D eigenvalue weighted by molar-refractivity contribution is 0.565. The van der Waals surface area contributed by atoms with Crippen molar-refractivity contribution in [2.45, 2.75) is 32.4 Å². The minimum Gasteiger partial charge on any atom is -0.267 e. The van der Waals surface area contributed by atoms with Crippen molar-refractivity contribution in [3.8, 4) is 0 Å². The molecule has 0 saturated carbocycles. The summed E-state index contributed by atoms with van der Waals surface area (Å²) in [5.74, 6) is 0.430. The smallest absolute Gasteiger partial charge is 0.238 e. The Kier molecular flexibility index (Phi) is 2.58. The quantitative estimate of drug-likeness (QED) is 0.783. The highest BCUT2D eigenvalue weighted by atomic mass is 32.2. The number of aryl methyl sites for hydroxylation is 1. The van der Waals surface area contributed by atoms with Crippen LogP contribution in [0.3, 0.4) is 0 Å². The number of sulfonamides is 1. The van der Waals surface area contributed by atoms with Crippen LogP contribution in [-0.2, 0) is 10.0 Å². The Morgan fingerprint density at radius 1 is 1.43 bits per heavy atom. The second-order valence-electron chi connectivity index (χ2n) is 4.15. The summed E-state index contributed by atoms with van der Waals surface area (Å²) in [5.41, 5.74) is 0.776. The van der Waals surface area contributed by atoms with Crippen LogP contribution in [0.1, 0.15) is 26.3 Å². The van der Waals surface area contributed by atoms with Gasteiger partial charge in [0.15, 0.2) is 0 Å². The van der Waals surface area contributed by atoms with E-state index in [4.69, 9.17) is 0 Å². The van der Waals surface area contributed by atoms with Crippen molar-refractivity contribution >= 4 is 15.8 Å². The summed E-state index contributed by atoms with van der Waals surface area (Å²) in [7, 11) is -3.36. The van der Waals surface area contributed by atoms with E-state index in [0.29, 0.717) is 5.82 Å². The zero-order chi connectivity index (χ0) is 11.0. The second kappa shape index (κ2) is 3.27. The van der Waals surface area contributed by atoms with Crippen LogP contribution in [-0.4, -0.2) is 23.4 Å². The predicted octanol–water partition coefficient (Wildman–Crippen LogP) is 1.26. The van der Waals surface area contributed by atoms with E-state index in [1.807, 2.05) is 0 Å². The average Bonchev–Trinajstić information content (AvgIpc) is 2.33. The molecule has 0 spiro atoms. The van der Waals surface area contributed by atoms with Crippen molar-refractivity contribution in [3.63, 3.8) is 0 Å². The Labute approximate surface area is 84.0 Å². The van der Waals surface area contributed by atoms with Crippen molar-refractivity contribution in [2.75, 3.05) is 4.72 Å². The van der Waals surface area contributed by atoms with Gasteiger partial charge < -0.3 is 0 Å². The molecule has 0 aliphatic carbocycles. The van der Waals surface area contributed by atoms with Gasteiger partial charge in [-0.25, -0.2) is 8.42 Å². The standard InChI is InChI=1S/C8H15N3O2S/c1-6-5-9-10-7(6)11-14(12,13)8(2,3)4/h5H,1-4H3,(H2,9,10,11). The first-order valence-electron chi connectivity index (χ1n) is 4.26. The predicted molar refractivity (Wildman–Crippen MR) is 55.6 cm³/mol. The number of H-pyrrole nitrogens is 1. The zero-order valence-corrected chi connectivity index (χ0v) is 9.57. The first kappa shape index (κ1) is 11.0. The van der Waals surface area contributed by atoms with Crippen LogP contribution in [0.2, 0.25) is 0 Å². The Balaban J connectivity index is 2.96. The normalized spacial score (nSPS) is 12.9. The molecule has 0 amide bonds. The fourth-order valence-corrected chi connectivity index (χ4v) is 1.52. The summed E-state index contributed by atoms with van der Waals surface area (Å²) in [6, 6.07) is 0.